The Balaban J connectivity index is 1.39. The van der Waals surface area contributed by atoms with Crippen LogP contribution in [0.4, 0.5) is 10.7 Å². The van der Waals surface area contributed by atoms with Gasteiger partial charge in [0.1, 0.15) is 10.4 Å². The van der Waals surface area contributed by atoms with E-state index >= 15 is 0 Å². The van der Waals surface area contributed by atoms with E-state index in [0.717, 1.165) is 54.3 Å². The molecule has 0 saturated carbocycles. The second-order valence-corrected chi connectivity index (χ2v) is 11.6. The second kappa shape index (κ2) is 11.6. The number of amides is 1. The van der Waals surface area contributed by atoms with Crippen LogP contribution in [0.2, 0.25) is 0 Å². The third-order valence-corrected chi connectivity index (χ3v) is 8.71. The lowest BCUT2D eigenvalue weighted by atomic mass is 10.1. The normalized spacial score (nSPS) is 13.8. The molecule has 1 unspecified atom stereocenters. The zero-order valence-corrected chi connectivity index (χ0v) is 23.4. The summed E-state index contributed by atoms with van der Waals surface area (Å²) in [4.78, 5) is 57.6. The molecule has 14 heteroatoms. The predicted octanol–water partition coefficient (Wildman–Crippen LogP) is 4.64. The van der Waals surface area contributed by atoms with Crippen molar-refractivity contribution in [2.75, 3.05) is 11.9 Å². The molecule has 208 valence electrons. The molecule has 40 heavy (non-hydrogen) atoms. The SMILES string of the molecule is CCOC(=O)c1c(NC(=O)C(C)Sc2nc3c(cnn3-c3ccc([N+](=O)[O-])cc3)c(=O)[nH]2)sc2c1CCCCC2. The van der Waals surface area contributed by atoms with Crippen LogP contribution in [0.25, 0.3) is 16.7 Å². The Labute approximate surface area is 236 Å². The summed E-state index contributed by atoms with van der Waals surface area (Å²) in [6.07, 6.45) is 6.11. The maximum absolute atomic E-state index is 13.2. The summed E-state index contributed by atoms with van der Waals surface area (Å²) in [6, 6.07) is 5.71. The Hall–Kier alpha value is -4.04. The molecule has 3 aromatic heterocycles. The maximum Gasteiger partial charge on any atom is 0.341 e. The molecule has 1 aromatic carbocycles. The largest absolute Gasteiger partial charge is 0.462 e. The smallest absolute Gasteiger partial charge is 0.341 e. The van der Waals surface area contributed by atoms with Crippen molar-refractivity contribution in [1.29, 1.82) is 0 Å². The molecular formula is C26H26N6O6S2. The fourth-order valence-corrected chi connectivity index (χ4v) is 6.62. The topological polar surface area (TPSA) is 162 Å². The van der Waals surface area contributed by atoms with Crippen molar-refractivity contribution in [3.8, 4) is 5.69 Å². The average Bonchev–Trinajstić information content (AvgIpc) is 3.42. The molecule has 12 nitrogen and oxygen atoms in total. The first-order chi connectivity index (χ1) is 19.3. The van der Waals surface area contributed by atoms with E-state index in [1.165, 1.54) is 46.5 Å². The van der Waals surface area contributed by atoms with Crippen LogP contribution in [0.15, 0.2) is 40.4 Å². The van der Waals surface area contributed by atoms with Crippen molar-refractivity contribution >= 4 is 56.7 Å². The first-order valence-corrected chi connectivity index (χ1v) is 14.5. The van der Waals surface area contributed by atoms with Crippen molar-refractivity contribution < 1.29 is 19.2 Å². The highest BCUT2D eigenvalue weighted by atomic mass is 32.2. The summed E-state index contributed by atoms with van der Waals surface area (Å²) in [7, 11) is 0. The first-order valence-electron chi connectivity index (χ1n) is 12.8. The summed E-state index contributed by atoms with van der Waals surface area (Å²) >= 11 is 2.48. The molecule has 4 aromatic rings. The van der Waals surface area contributed by atoms with Crippen LogP contribution < -0.4 is 10.9 Å². The van der Waals surface area contributed by atoms with Gasteiger partial charge >= 0.3 is 5.97 Å². The number of nitrogens with one attached hydrogen (secondary N) is 2. The fraction of sp³-hybridized carbons (Fsp3) is 0.346. The van der Waals surface area contributed by atoms with Crippen LogP contribution in [0, 0.1) is 10.1 Å². The number of hydrogen-bond acceptors (Lipinski definition) is 10. The number of thioether (sulfide) groups is 1. The van der Waals surface area contributed by atoms with Gasteiger partial charge in [-0.05, 0) is 57.2 Å². The minimum atomic E-state index is -0.673. The molecule has 0 aliphatic heterocycles. The van der Waals surface area contributed by atoms with E-state index in [2.05, 4.69) is 20.4 Å². The maximum atomic E-state index is 13.2. The van der Waals surface area contributed by atoms with Gasteiger partial charge in [0, 0.05) is 17.0 Å². The molecular weight excluding hydrogens is 556 g/mol. The average molecular weight is 583 g/mol. The number of nitrogens with zero attached hydrogens (tertiary/aromatic N) is 4. The molecule has 1 aliphatic rings. The van der Waals surface area contributed by atoms with Crippen LogP contribution >= 0.6 is 23.1 Å². The van der Waals surface area contributed by atoms with Gasteiger partial charge in [0.2, 0.25) is 5.91 Å². The van der Waals surface area contributed by atoms with E-state index in [1.54, 1.807) is 13.8 Å². The van der Waals surface area contributed by atoms with Crippen molar-refractivity contribution in [2.45, 2.75) is 56.4 Å². The van der Waals surface area contributed by atoms with Crippen molar-refractivity contribution in [3.05, 3.63) is 66.9 Å². The molecule has 0 spiro atoms. The van der Waals surface area contributed by atoms with Gasteiger partial charge in [-0.3, -0.25) is 19.7 Å². The number of nitro groups is 1. The minimum Gasteiger partial charge on any atom is -0.462 e. The van der Waals surface area contributed by atoms with Gasteiger partial charge in [0.15, 0.2) is 10.8 Å². The van der Waals surface area contributed by atoms with Crippen LogP contribution in [0.5, 0.6) is 0 Å². The molecule has 0 bridgehead atoms. The molecule has 5 rings (SSSR count). The standard InChI is InChI=1S/C26H26N6O6S2/c1-3-38-25(35)20-17-7-5-4-6-8-19(17)40-24(20)29-22(33)14(2)39-26-28-21-18(23(34)30-26)13-27-31(21)15-9-11-16(12-10-15)32(36)37/h9-14H,3-8H2,1-2H3,(H,29,33)(H,28,30,34). The summed E-state index contributed by atoms with van der Waals surface area (Å²) in [5.41, 5.74) is 1.64. The zero-order valence-electron chi connectivity index (χ0n) is 21.8. The summed E-state index contributed by atoms with van der Waals surface area (Å²) in [6.45, 7) is 3.67. The monoisotopic (exact) mass is 582 g/mol. The number of aromatic nitrogens is 4. The number of carbonyl (C=O) groups is 2. The van der Waals surface area contributed by atoms with Gasteiger partial charge in [0.25, 0.3) is 11.2 Å². The molecule has 0 saturated heterocycles. The Morgan fingerprint density at radius 3 is 2.73 bits per heavy atom. The number of nitro benzene ring substituents is 1. The van der Waals surface area contributed by atoms with Gasteiger partial charge in [-0.1, -0.05) is 18.2 Å². The number of non-ortho nitro benzene ring substituents is 1. The Morgan fingerprint density at radius 2 is 2.00 bits per heavy atom. The minimum absolute atomic E-state index is 0.0737. The van der Waals surface area contributed by atoms with Crippen molar-refractivity contribution in [1.82, 2.24) is 19.7 Å². The summed E-state index contributed by atoms with van der Waals surface area (Å²) < 4.78 is 6.71. The number of ether oxygens (including phenoxy) is 1. The Bertz CT molecular complexity index is 1660. The molecule has 0 radical (unpaired) electrons. The zero-order chi connectivity index (χ0) is 28.4. The summed E-state index contributed by atoms with van der Waals surface area (Å²) in [5, 5.41) is 18.4. The highest BCUT2D eigenvalue weighted by Gasteiger charge is 2.28. The predicted molar refractivity (Wildman–Crippen MR) is 152 cm³/mol. The van der Waals surface area contributed by atoms with E-state index in [1.807, 2.05) is 0 Å². The summed E-state index contributed by atoms with van der Waals surface area (Å²) in [5.74, 6) is -0.785. The number of benzene rings is 1. The number of esters is 1. The Morgan fingerprint density at radius 1 is 1.25 bits per heavy atom. The van der Waals surface area contributed by atoms with Crippen LogP contribution in [0.1, 0.15) is 53.9 Å². The van der Waals surface area contributed by atoms with Gasteiger partial charge in [-0.2, -0.15) is 5.10 Å². The molecule has 1 atom stereocenters. The number of rotatable bonds is 8. The number of fused-ring (bicyclic) bond motifs is 2. The van der Waals surface area contributed by atoms with Crippen LogP contribution in [-0.2, 0) is 22.4 Å². The van der Waals surface area contributed by atoms with Gasteiger partial charge in [-0.25, -0.2) is 14.5 Å². The van der Waals surface area contributed by atoms with E-state index < -0.39 is 21.7 Å². The number of anilines is 1. The number of thiophene rings is 1. The van der Waals surface area contributed by atoms with Crippen molar-refractivity contribution in [2.24, 2.45) is 0 Å². The third-order valence-electron chi connectivity index (χ3n) is 6.52. The number of aryl methyl sites for hydroxylation is 1. The van der Waals surface area contributed by atoms with E-state index in [9.17, 15) is 24.5 Å². The lowest BCUT2D eigenvalue weighted by Gasteiger charge is -2.12. The van der Waals surface area contributed by atoms with Crippen LogP contribution in [-0.4, -0.2) is 48.4 Å². The second-order valence-electron chi connectivity index (χ2n) is 9.18. The lowest BCUT2D eigenvalue weighted by molar-refractivity contribution is -0.384. The number of hydrogen-bond donors (Lipinski definition) is 2. The fourth-order valence-electron chi connectivity index (χ4n) is 4.54. The van der Waals surface area contributed by atoms with E-state index in [0.29, 0.717) is 16.3 Å². The number of aromatic amines is 1. The highest BCUT2D eigenvalue weighted by Crippen LogP contribution is 2.38. The molecule has 3 heterocycles. The van der Waals surface area contributed by atoms with Crippen LogP contribution in [0.3, 0.4) is 0 Å². The highest BCUT2D eigenvalue weighted by molar-refractivity contribution is 8.00. The first kappa shape index (κ1) is 27.5. The van der Waals surface area contributed by atoms with Gasteiger partial charge < -0.3 is 15.0 Å². The number of H-pyrrole nitrogens is 1. The third kappa shape index (κ3) is 5.49. The molecule has 2 N–H and O–H groups in total. The van der Waals surface area contributed by atoms with Crippen molar-refractivity contribution in [3.63, 3.8) is 0 Å². The lowest BCUT2D eigenvalue weighted by Crippen LogP contribution is -2.24. The Kier molecular flexibility index (Phi) is 7.98. The number of carbonyl (C=O) groups excluding carboxylic acids is 2. The van der Waals surface area contributed by atoms with Gasteiger partial charge in [0.05, 0.1) is 34.2 Å². The molecule has 0 fully saturated rings. The van der Waals surface area contributed by atoms with E-state index in [4.69, 9.17) is 4.74 Å². The van der Waals surface area contributed by atoms with Gasteiger partial charge in [-0.15, -0.1) is 11.3 Å². The quantitative estimate of drug-likeness (QED) is 0.0752. The van der Waals surface area contributed by atoms with E-state index in [-0.39, 0.29) is 34.4 Å². The molecule has 1 amide bonds. The molecule has 1 aliphatic carbocycles.